The lowest BCUT2D eigenvalue weighted by molar-refractivity contribution is -0.115. The van der Waals surface area contributed by atoms with Crippen LogP contribution in [0.3, 0.4) is 0 Å². The standard InChI is InChI=1S/C27H28N4O2S/c1-17-13-15-21(16-14-17)31-25(22-11-6-7-12-23(22)33-5)29-30-27(31)34-20(4)26(32)28-24-18(2)9-8-10-19(24)3/h6-16,20H,1-5H3,(H,28,32). The molecule has 1 amide bonds. The molecule has 1 atom stereocenters. The lowest BCUT2D eigenvalue weighted by Crippen LogP contribution is -2.23. The number of hydrogen-bond donors (Lipinski definition) is 1. The highest BCUT2D eigenvalue weighted by molar-refractivity contribution is 8.00. The van der Waals surface area contributed by atoms with Crippen molar-refractivity contribution in [2.45, 2.75) is 38.1 Å². The first-order chi connectivity index (χ1) is 16.4. The second kappa shape index (κ2) is 10.1. The Balaban J connectivity index is 1.70. The Kier molecular flexibility index (Phi) is 7.03. The van der Waals surface area contributed by atoms with E-state index in [1.807, 2.05) is 99.0 Å². The predicted octanol–water partition coefficient (Wildman–Crippen LogP) is 5.99. The van der Waals surface area contributed by atoms with E-state index in [1.165, 1.54) is 11.8 Å². The number of rotatable bonds is 7. The number of carbonyl (C=O) groups is 1. The molecule has 6 nitrogen and oxygen atoms in total. The summed E-state index contributed by atoms with van der Waals surface area (Å²) in [5, 5.41) is 12.3. The van der Waals surface area contributed by atoms with E-state index in [0.29, 0.717) is 16.7 Å². The van der Waals surface area contributed by atoms with Gasteiger partial charge in [-0.3, -0.25) is 9.36 Å². The number of nitrogens with one attached hydrogen (secondary N) is 1. The number of carbonyl (C=O) groups excluding carboxylic acids is 1. The van der Waals surface area contributed by atoms with Gasteiger partial charge in [0, 0.05) is 11.4 Å². The lowest BCUT2D eigenvalue weighted by atomic mass is 10.1. The quantitative estimate of drug-likeness (QED) is 0.335. The smallest absolute Gasteiger partial charge is 0.237 e. The van der Waals surface area contributed by atoms with Gasteiger partial charge in [0.25, 0.3) is 0 Å². The highest BCUT2D eigenvalue weighted by Gasteiger charge is 2.23. The van der Waals surface area contributed by atoms with Crippen molar-refractivity contribution in [3.8, 4) is 22.8 Å². The average Bonchev–Trinajstić information content (AvgIpc) is 3.25. The van der Waals surface area contributed by atoms with Gasteiger partial charge in [0.15, 0.2) is 11.0 Å². The Bertz CT molecular complexity index is 1290. The third-order valence-corrected chi connectivity index (χ3v) is 6.70. The van der Waals surface area contributed by atoms with Gasteiger partial charge in [0.1, 0.15) is 5.75 Å². The number of amides is 1. The molecule has 7 heteroatoms. The minimum absolute atomic E-state index is 0.0836. The van der Waals surface area contributed by atoms with Crippen LogP contribution in [-0.4, -0.2) is 33.0 Å². The molecule has 0 aliphatic carbocycles. The second-order valence-corrected chi connectivity index (χ2v) is 9.50. The van der Waals surface area contributed by atoms with Crippen LogP contribution in [0.1, 0.15) is 23.6 Å². The molecule has 1 aromatic heterocycles. The highest BCUT2D eigenvalue weighted by atomic mass is 32.2. The number of ether oxygens (including phenoxy) is 1. The molecule has 1 heterocycles. The molecule has 0 aliphatic rings. The molecule has 0 spiro atoms. The summed E-state index contributed by atoms with van der Waals surface area (Å²) in [6.07, 6.45) is 0. The van der Waals surface area contributed by atoms with E-state index in [4.69, 9.17) is 4.74 Å². The van der Waals surface area contributed by atoms with Crippen LogP contribution in [-0.2, 0) is 4.79 Å². The maximum atomic E-state index is 13.1. The van der Waals surface area contributed by atoms with Crippen molar-refractivity contribution in [3.63, 3.8) is 0 Å². The van der Waals surface area contributed by atoms with Crippen LogP contribution >= 0.6 is 11.8 Å². The SMILES string of the molecule is COc1ccccc1-c1nnc(SC(C)C(=O)Nc2c(C)cccc2C)n1-c1ccc(C)cc1. The van der Waals surface area contributed by atoms with Gasteiger partial charge in [0.2, 0.25) is 5.91 Å². The molecular formula is C27H28N4O2S. The van der Waals surface area contributed by atoms with E-state index in [1.54, 1.807) is 7.11 Å². The van der Waals surface area contributed by atoms with Crippen LogP contribution < -0.4 is 10.1 Å². The minimum atomic E-state index is -0.391. The maximum Gasteiger partial charge on any atom is 0.237 e. The topological polar surface area (TPSA) is 69.0 Å². The number of para-hydroxylation sites is 2. The molecule has 4 rings (SSSR count). The molecule has 1 N–H and O–H groups in total. The molecule has 0 saturated carbocycles. The van der Waals surface area contributed by atoms with E-state index in [9.17, 15) is 4.79 Å². The van der Waals surface area contributed by atoms with Gasteiger partial charge in [-0.15, -0.1) is 10.2 Å². The average molecular weight is 473 g/mol. The fraction of sp³-hybridized carbons (Fsp3) is 0.222. The lowest BCUT2D eigenvalue weighted by Gasteiger charge is -2.16. The normalized spacial score (nSPS) is 11.8. The van der Waals surface area contributed by atoms with E-state index >= 15 is 0 Å². The van der Waals surface area contributed by atoms with Crippen molar-refractivity contribution in [3.05, 3.63) is 83.4 Å². The van der Waals surface area contributed by atoms with Gasteiger partial charge < -0.3 is 10.1 Å². The van der Waals surface area contributed by atoms with Gasteiger partial charge in [-0.05, 0) is 63.1 Å². The highest BCUT2D eigenvalue weighted by Crippen LogP contribution is 2.34. The van der Waals surface area contributed by atoms with Gasteiger partial charge in [-0.2, -0.15) is 0 Å². The molecular weight excluding hydrogens is 444 g/mol. The van der Waals surface area contributed by atoms with Crippen LogP contribution in [0.4, 0.5) is 5.69 Å². The zero-order valence-corrected chi connectivity index (χ0v) is 20.8. The molecule has 34 heavy (non-hydrogen) atoms. The Hall–Kier alpha value is -3.58. The monoisotopic (exact) mass is 472 g/mol. The van der Waals surface area contributed by atoms with Crippen LogP contribution in [0.25, 0.3) is 17.1 Å². The molecule has 0 saturated heterocycles. The zero-order valence-electron chi connectivity index (χ0n) is 20.0. The summed E-state index contributed by atoms with van der Waals surface area (Å²) < 4.78 is 7.55. The fourth-order valence-electron chi connectivity index (χ4n) is 3.72. The van der Waals surface area contributed by atoms with Crippen LogP contribution in [0.15, 0.2) is 71.9 Å². The van der Waals surface area contributed by atoms with Crippen molar-refractivity contribution in [2.24, 2.45) is 0 Å². The summed E-state index contributed by atoms with van der Waals surface area (Å²) in [7, 11) is 1.64. The van der Waals surface area contributed by atoms with Gasteiger partial charge >= 0.3 is 0 Å². The number of aryl methyl sites for hydroxylation is 3. The number of nitrogens with zero attached hydrogens (tertiary/aromatic N) is 3. The Morgan fingerprint density at radius 3 is 2.29 bits per heavy atom. The summed E-state index contributed by atoms with van der Waals surface area (Å²) in [6.45, 7) is 7.92. The molecule has 174 valence electrons. The summed E-state index contributed by atoms with van der Waals surface area (Å²) >= 11 is 1.37. The van der Waals surface area contributed by atoms with Crippen molar-refractivity contribution in [1.29, 1.82) is 0 Å². The number of benzene rings is 3. The molecule has 0 fully saturated rings. The van der Waals surface area contributed by atoms with Crippen LogP contribution in [0, 0.1) is 20.8 Å². The molecule has 3 aromatic carbocycles. The molecule has 1 unspecified atom stereocenters. The van der Waals surface area contributed by atoms with E-state index in [0.717, 1.165) is 33.6 Å². The molecule has 4 aromatic rings. The predicted molar refractivity (Wildman–Crippen MR) is 138 cm³/mol. The molecule has 0 aliphatic heterocycles. The summed E-state index contributed by atoms with van der Waals surface area (Å²) in [5.41, 5.74) is 5.83. The Morgan fingerprint density at radius 1 is 0.941 bits per heavy atom. The molecule has 0 radical (unpaired) electrons. The zero-order chi connectivity index (χ0) is 24.2. The summed E-state index contributed by atoms with van der Waals surface area (Å²) in [5.74, 6) is 1.28. The van der Waals surface area contributed by atoms with Crippen molar-refractivity contribution >= 4 is 23.4 Å². The molecule has 0 bridgehead atoms. The summed E-state index contributed by atoms with van der Waals surface area (Å²) in [6, 6.07) is 21.9. The van der Waals surface area contributed by atoms with Gasteiger partial charge in [0.05, 0.1) is 17.9 Å². The van der Waals surface area contributed by atoms with Gasteiger partial charge in [-0.25, -0.2) is 0 Å². The van der Waals surface area contributed by atoms with E-state index in [2.05, 4.69) is 15.5 Å². The third-order valence-electron chi connectivity index (χ3n) is 5.65. The van der Waals surface area contributed by atoms with Crippen LogP contribution in [0.5, 0.6) is 5.75 Å². The first-order valence-electron chi connectivity index (χ1n) is 11.1. The Morgan fingerprint density at radius 2 is 1.62 bits per heavy atom. The Labute approximate surface area is 204 Å². The van der Waals surface area contributed by atoms with Crippen molar-refractivity contribution in [2.75, 3.05) is 12.4 Å². The number of hydrogen-bond acceptors (Lipinski definition) is 5. The van der Waals surface area contributed by atoms with Crippen molar-refractivity contribution in [1.82, 2.24) is 14.8 Å². The third kappa shape index (κ3) is 4.84. The largest absolute Gasteiger partial charge is 0.496 e. The maximum absolute atomic E-state index is 13.1. The number of thioether (sulfide) groups is 1. The minimum Gasteiger partial charge on any atom is -0.496 e. The number of methoxy groups -OCH3 is 1. The first-order valence-corrected chi connectivity index (χ1v) is 12.0. The van der Waals surface area contributed by atoms with Gasteiger partial charge in [-0.1, -0.05) is 59.8 Å². The van der Waals surface area contributed by atoms with Crippen molar-refractivity contribution < 1.29 is 9.53 Å². The summed E-state index contributed by atoms with van der Waals surface area (Å²) in [4.78, 5) is 13.1. The fourth-order valence-corrected chi connectivity index (χ4v) is 4.59. The number of anilines is 1. The number of aromatic nitrogens is 3. The van der Waals surface area contributed by atoms with E-state index < -0.39 is 5.25 Å². The van der Waals surface area contributed by atoms with E-state index in [-0.39, 0.29) is 5.91 Å². The second-order valence-electron chi connectivity index (χ2n) is 8.19. The first kappa shape index (κ1) is 23.6. The van der Waals surface area contributed by atoms with Crippen LogP contribution in [0.2, 0.25) is 0 Å².